The van der Waals surface area contributed by atoms with Gasteiger partial charge in [-0.05, 0) is 19.1 Å². The number of nitrogens with zero attached hydrogens (tertiary/aromatic N) is 3. The van der Waals surface area contributed by atoms with Gasteiger partial charge in [-0.25, -0.2) is 13.1 Å². The first kappa shape index (κ1) is 23.8. The van der Waals surface area contributed by atoms with Gasteiger partial charge in [0.1, 0.15) is 5.75 Å². The molecule has 0 aliphatic carbocycles. The standard InChI is InChI=1S/C17H29N5O3S.HI/c1-4-26(23,24)20-10-9-19-17(18-2)22-13-11-21(12-14-22)15-7-5-6-8-16(15)25-3;/h5-8,20H,4,9-14H2,1-3H3,(H,18,19);1H. The Hall–Kier alpha value is -1.27. The van der Waals surface area contributed by atoms with Gasteiger partial charge in [-0.15, -0.1) is 24.0 Å². The van der Waals surface area contributed by atoms with Crippen molar-refractivity contribution in [3.63, 3.8) is 0 Å². The van der Waals surface area contributed by atoms with Crippen molar-refractivity contribution in [1.29, 1.82) is 0 Å². The van der Waals surface area contributed by atoms with Crippen LogP contribution in [0.2, 0.25) is 0 Å². The SMILES string of the molecule is CCS(=O)(=O)NCCNC(=NC)N1CCN(c2ccccc2OC)CC1.I. The molecule has 2 rings (SSSR count). The molecule has 0 saturated carbocycles. The maximum atomic E-state index is 11.4. The molecule has 1 heterocycles. The van der Waals surface area contributed by atoms with Gasteiger partial charge < -0.3 is 19.9 Å². The highest BCUT2D eigenvalue weighted by molar-refractivity contribution is 14.0. The second kappa shape index (κ2) is 11.5. The molecule has 1 aromatic carbocycles. The predicted octanol–water partition coefficient (Wildman–Crippen LogP) is 0.950. The molecule has 27 heavy (non-hydrogen) atoms. The Labute approximate surface area is 179 Å². The summed E-state index contributed by atoms with van der Waals surface area (Å²) >= 11 is 0. The van der Waals surface area contributed by atoms with Crippen molar-refractivity contribution in [3.8, 4) is 5.75 Å². The normalized spacial score (nSPS) is 15.3. The molecule has 0 atom stereocenters. The lowest BCUT2D eigenvalue weighted by atomic mass is 10.2. The number of rotatable bonds is 7. The average molecular weight is 511 g/mol. The first-order chi connectivity index (χ1) is 12.5. The molecule has 1 aromatic rings. The van der Waals surface area contributed by atoms with Gasteiger partial charge in [0, 0.05) is 46.3 Å². The van der Waals surface area contributed by atoms with Gasteiger partial charge in [-0.1, -0.05) is 12.1 Å². The zero-order chi connectivity index (χ0) is 19.0. The van der Waals surface area contributed by atoms with E-state index in [4.69, 9.17) is 4.74 Å². The Morgan fingerprint density at radius 1 is 1.19 bits per heavy atom. The lowest BCUT2D eigenvalue weighted by Crippen LogP contribution is -2.53. The molecule has 1 fully saturated rings. The van der Waals surface area contributed by atoms with Crippen molar-refractivity contribution in [2.45, 2.75) is 6.92 Å². The fourth-order valence-electron chi connectivity index (χ4n) is 2.87. The number of nitrogens with one attached hydrogen (secondary N) is 2. The summed E-state index contributed by atoms with van der Waals surface area (Å²) in [6.07, 6.45) is 0. The van der Waals surface area contributed by atoms with Crippen LogP contribution in [0.15, 0.2) is 29.3 Å². The van der Waals surface area contributed by atoms with Gasteiger partial charge in [0.05, 0.1) is 18.6 Å². The van der Waals surface area contributed by atoms with E-state index in [1.54, 1.807) is 21.1 Å². The molecular weight excluding hydrogens is 481 g/mol. The molecule has 1 saturated heterocycles. The summed E-state index contributed by atoms with van der Waals surface area (Å²) in [4.78, 5) is 8.79. The molecule has 10 heteroatoms. The smallest absolute Gasteiger partial charge is 0.211 e. The van der Waals surface area contributed by atoms with Crippen LogP contribution in [0, 0.1) is 0 Å². The maximum absolute atomic E-state index is 11.4. The third kappa shape index (κ3) is 7.00. The molecule has 0 bridgehead atoms. The van der Waals surface area contributed by atoms with Crippen molar-refractivity contribution in [3.05, 3.63) is 24.3 Å². The molecule has 154 valence electrons. The lowest BCUT2D eigenvalue weighted by Gasteiger charge is -2.38. The van der Waals surface area contributed by atoms with Gasteiger partial charge in [0.25, 0.3) is 0 Å². The number of ether oxygens (including phenoxy) is 1. The Morgan fingerprint density at radius 3 is 2.44 bits per heavy atom. The second-order valence-corrected chi connectivity index (χ2v) is 8.01. The van der Waals surface area contributed by atoms with Gasteiger partial charge in [-0.3, -0.25) is 4.99 Å². The molecule has 0 amide bonds. The molecule has 8 nitrogen and oxygen atoms in total. The highest BCUT2D eigenvalue weighted by Gasteiger charge is 2.21. The fraction of sp³-hybridized carbons (Fsp3) is 0.588. The van der Waals surface area contributed by atoms with Gasteiger partial charge in [0.15, 0.2) is 5.96 Å². The van der Waals surface area contributed by atoms with Crippen LogP contribution in [0.4, 0.5) is 5.69 Å². The maximum Gasteiger partial charge on any atom is 0.211 e. The van der Waals surface area contributed by atoms with E-state index in [1.165, 1.54) is 0 Å². The topological polar surface area (TPSA) is 86.3 Å². The molecule has 0 unspecified atom stereocenters. The number of anilines is 1. The summed E-state index contributed by atoms with van der Waals surface area (Å²) in [6.45, 7) is 5.86. The van der Waals surface area contributed by atoms with Crippen LogP contribution in [0.25, 0.3) is 0 Å². The third-order valence-electron chi connectivity index (χ3n) is 4.33. The van der Waals surface area contributed by atoms with Crippen LogP contribution in [0.1, 0.15) is 6.92 Å². The van der Waals surface area contributed by atoms with E-state index < -0.39 is 10.0 Å². The molecule has 0 radical (unpaired) electrons. The van der Waals surface area contributed by atoms with E-state index >= 15 is 0 Å². The van der Waals surface area contributed by atoms with Crippen molar-refractivity contribution >= 4 is 45.6 Å². The number of halogens is 1. The molecule has 1 aliphatic rings. The molecule has 0 spiro atoms. The fourth-order valence-corrected chi connectivity index (χ4v) is 3.48. The quantitative estimate of drug-likeness (QED) is 0.246. The summed E-state index contributed by atoms with van der Waals surface area (Å²) < 4.78 is 30.9. The summed E-state index contributed by atoms with van der Waals surface area (Å²) in [5.41, 5.74) is 1.10. The highest BCUT2D eigenvalue weighted by atomic mass is 127. The van der Waals surface area contributed by atoms with Crippen LogP contribution < -0.4 is 19.7 Å². The number of benzene rings is 1. The average Bonchev–Trinajstić information content (AvgIpc) is 2.68. The van der Waals surface area contributed by atoms with Crippen LogP contribution in [0.5, 0.6) is 5.75 Å². The minimum Gasteiger partial charge on any atom is -0.495 e. The Kier molecular flexibility index (Phi) is 10.2. The van der Waals surface area contributed by atoms with Gasteiger partial charge in [-0.2, -0.15) is 0 Å². The van der Waals surface area contributed by atoms with Crippen LogP contribution in [0.3, 0.4) is 0 Å². The van der Waals surface area contributed by atoms with Crippen molar-refractivity contribution < 1.29 is 13.2 Å². The largest absolute Gasteiger partial charge is 0.495 e. The monoisotopic (exact) mass is 511 g/mol. The molecular formula is C17H30IN5O3S. The summed E-state index contributed by atoms with van der Waals surface area (Å²) in [6, 6.07) is 8.03. The van der Waals surface area contributed by atoms with Gasteiger partial charge >= 0.3 is 0 Å². The van der Waals surface area contributed by atoms with Crippen LogP contribution >= 0.6 is 24.0 Å². The third-order valence-corrected chi connectivity index (χ3v) is 5.73. The molecule has 2 N–H and O–H groups in total. The van der Waals surface area contributed by atoms with E-state index in [0.717, 1.165) is 43.6 Å². The predicted molar refractivity (Wildman–Crippen MR) is 121 cm³/mol. The molecule has 0 aromatic heterocycles. The first-order valence-corrected chi connectivity index (χ1v) is 10.5. The number of hydrogen-bond donors (Lipinski definition) is 2. The number of sulfonamides is 1. The van der Waals surface area contributed by atoms with Crippen LogP contribution in [-0.2, 0) is 10.0 Å². The summed E-state index contributed by atoms with van der Waals surface area (Å²) in [5.74, 6) is 1.76. The Bertz CT molecular complexity index is 706. The Balaban J connectivity index is 0.00000364. The molecule has 1 aliphatic heterocycles. The minimum absolute atomic E-state index is 0. The van der Waals surface area contributed by atoms with Crippen molar-refractivity contribution in [2.24, 2.45) is 4.99 Å². The highest BCUT2D eigenvalue weighted by Crippen LogP contribution is 2.28. The number of guanidine groups is 1. The lowest BCUT2D eigenvalue weighted by molar-refractivity contribution is 0.367. The Morgan fingerprint density at radius 2 is 1.85 bits per heavy atom. The first-order valence-electron chi connectivity index (χ1n) is 8.81. The zero-order valence-electron chi connectivity index (χ0n) is 16.1. The number of piperazine rings is 1. The number of aliphatic imine (C=N–C) groups is 1. The van der Waals surface area contributed by atoms with E-state index in [0.29, 0.717) is 13.1 Å². The minimum atomic E-state index is -3.16. The summed E-state index contributed by atoms with van der Waals surface area (Å²) in [5, 5.41) is 3.22. The van der Waals surface area contributed by atoms with Crippen molar-refractivity contribution in [1.82, 2.24) is 14.9 Å². The zero-order valence-corrected chi connectivity index (χ0v) is 19.3. The van der Waals surface area contributed by atoms with Crippen LogP contribution in [-0.4, -0.2) is 78.5 Å². The second-order valence-electron chi connectivity index (χ2n) is 5.92. The number of para-hydroxylation sites is 2. The summed E-state index contributed by atoms with van der Waals surface area (Å²) in [7, 11) is 0.274. The van der Waals surface area contributed by atoms with Crippen molar-refractivity contribution in [2.75, 3.05) is 64.1 Å². The van der Waals surface area contributed by atoms with E-state index in [1.807, 2.05) is 18.2 Å². The van der Waals surface area contributed by atoms with E-state index in [2.05, 4.69) is 30.9 Å². The van der Waals surface area contributed by atoms with E-state index in [-0.39, 0.29) is 29.7 Å². The van der Waals surface area contributed by atoms with Gasteiger partial charge in [0.2, 0.25) is 10.0 Å². The van der Waals surface area contributed by atoms with E-state index in [9.17, 15) is 8.42 Å². The number of hydrogen-bond acceptors (Lipinski definition) is 5. The number of methoxy groups -OCH3 is 1.